The number of benzene rings is 1. The number of furan rings is 1. The van der Waals surface area contributed by atoms with E-state index in [2.05, 4.69) is 25.5 Å². The molecule has 0 saturated heterocycles. The average Bonchev–Trinajstić information content (AvgIpc) is 3.16. The number of rotatable bonds is 4. The summed E-state index contributed by atoms with van der Waals surface area (Å²) in [7, 11) is 0. The van der Waals surface area contributed by atoms with E-state index in [0.29, 0.717) is 27.1 Å². The highest BCUT2D eigenvalue weighted by atomic mass is 35.5. The molecule has 3 aromatic rings. The number of hydrogen-bond donors (Lipinski definition) is 2. The number of nitrogens with one attached hydrogen (secondary N) is 1. The van der Waals surface area contributed by atoms with Crippen LogP contribution >= 0.6 is 23.2 Å². The van der Waals surface area contributed by atoms with Gasteiger partial charge >= 0.3 is 0 Å². The molecule has 0 aliphatic carbocycles. The minimum Gasteiger partial charge on any atom is -0.455 e. The third kappa shape index (κ3) is 3.39. The molecule has 1 aromatic carbocycles. The summed E-state index contributed by atoms with van der Waals surface area (Å²) < 4.78 is 9.91. The summed E-state index contributed by atoms with van der Waals surface area (Å²) >= 11 is 12.0. The number of carbonyl (C=O) groups excluding carboxylic acids is 1. The molecule has 2 aromatic heterocycles. The molecule has 1 amide bonds. The molecule has 3 rings (SSSR count). The van der Waals surface area contributed by atoms with Gasteiger partial charge in [-0.2, -0.15) is 5.10 Å². The van der Waals surface area contributed by atoms with E-state index in [1.165, 1.54) is 6.21 Å². The lowest BCUT2D eigenvalue weighted by molar-refractivity contribution is 0.0946. The third-order valence-corrected chi connectivity index (χ3v) is 3.46. The first-order valence-electron chi connectivity index (χ1n) is 6.51. The zero-order valence-corrected chi connectivity index (χ0v) is 13.4. The molecule has 0 unspecified atom stereocenters. The SMILES string of the molecule is Nc1nonc1C(=O)NN=Cc1ccc(-c2ccc(Cl)cc2Cl)o1. The van der Waals surface area contributed by atoms with Crippen molar-refractivity contribution in [3.05, 3.63) is 51.8 Å². The highest BCUT2D eigenvalue weighted by molar-refractivity contribution is 6.36. The van der Waals surface area contributed by atoms with Crippen LogP contribution in [0.25, 0.3) is 11.3 Å². The van der Waals surface area contributed by atoms with Crippen molar-refractivity contribution in [3.63, 3.8) is 0 Å². The number of nitrogens with two attached hydrogens (primary N) is 1. The van der Waals surface area contributed by atoms with Gasteiger partial charge in [-0.3, -0.25) is 4.79 Å². The zero-order chi connectivity index (χ0) is 17.1. The molecule has 2 heterocycles. The van der Waals surface area contributed by atoms with Crippen LogP contribution in [0.4, 0.5) is 5.82 Å². The first-order chi connectivity index (χ1) is 11.5. The molecule has 0 bridgehead atoms. The van der Waals surface area contributed by atoms with Crippen LogP contribution in [0.5, 0.6) is 0 Å². The average molecular weight is 366 g/mol. The predicted octanol–water partition coefficient (Wildman–Crippen LogP) is 2.98. The van der Waals surface area contributed by atoms with Gasteiger partial charge in [0.2, 0.25) is 11.5 Å². The first-order valence-corrected chi connectivity index (χ1v) is 7.27. The molecular weight excluding hydrogens is 357 g/mol. The van der Waals surface area contributed by atoms with E-state index in [9.17, 15) is 4.79 Å². The molecule has 0 aliphatic heterocycles. The van der Waals surface area contributed by atoms with Gasteiger partial charge in [0.25, 0.3) is 5.91 Å². The number of nitrogens with zero attached hydrogens (tertiary/aromatic N) is 3. The minimum absolute atomic E-state index is 0.125. The van der Waals surface area contributed by atoms with E-state index >= 15 is 0 Å². The molecule has 0 saturated carbocycles. The fourth-order valence-corrected chi connectivity index (χ4v) is 2.32. The fourth-order valence-electron chi connectivity index (χ4n) is 1.82. The predicted molar refractivity (Wildman–Crippen MR) is 87.9 cm³/mol. The number of halogens is 2. The molecular formula is C14H9Cl2N5O3. The van der Waals surface area contributed by atoms with Crippen molar-refractivity contribution in [3.8, 4) is 11.3 Å². The molecule has 0 aliphatic rings. The second-order valence-electron chi connectivity index (χ2n) is 4.52. The maximum Gasteiger partial charge on any atom is 0.297 e. The molecule has 122 valence electrons. The van der Waals surface area contributed by atoms with Gasteiger partial charge in [-0.15, -0.1) is 0 Å². The maximum atomic E-state index is 11.7. The van der Waals surface area contributed by atoms with E-state index in [-0.39, 0.29) is 11.5 Å². The van der Waals surface area contributed by atoms with Crippen LogP contribution in [0, 0.1) is 0 Å². The molecule has 0 radical (unpaired) electrons. The van der Waals surface area contributed by atoms with E-state index in [1.807, 2.05) is 0 Å². The van der Waals surface area contributed by atoms with E-state index < -0.39 is 5.91 Å². The van der Waals surface area contributed by atoms with Crippen molar-refractivity contribution in [1.82, 2.24) is 15.7 Å². The van der Waals surface area contributed by atoms with Crippen LogP contribution in [0.3, 0.4) is 0 Å². The number of carbonyl (C=O) groups is 1. The van der Waals surface area contributed by atoms with Gasteiger partial charge in [0, 0.05) is 10.6 Å². The summed E-state index contributed by atoms with van der Waals surface area (Å²) in [5.41, 5.74) is 8.16. The Hall–Kier alpha value is -2.84. The summed E-state index contributed by atoms with van der Waals surface area (Å²) in [4.78, 5) is 11.7. The Morgan fingerprint density at radius 1 is 1.25 bits per heavy atom. The maximum absolute atomic E-state index is 11.7. The lowest BCUT2D eigenvalue weighted by Crippen LogP contribution is -2.19. The molecule has 8 nitrogen and oxygen atoms in total. The fraction of sp³-hybridized carbons (Fsp3) is 0. The van der Waals surface area contributed by atoms with Crippen LogP contribution in [0.1, 0.15) is 16.2 Å². The number of aromatic nitrogens is 2. The van der Waals surface area contributed by atoms with Crippen LogP contribution in [-0.2, 0) is 0 Å². The monoisotopic (exact) mass is 365 g/mol. The van der Waals surface area contributed by atoms with Crippen molar-refractivity contribution in [2.24, 2.45) is 5.10 Å². The molecule has 10 heteroatoms. The summed E-state index contributed by atoms with van der Waals surface area (Å²) in [6.07, 6.45) is 1.31. The normalized spacial score (nSPS) is 11.1. The summed E-state index contributed by atoms with van der Waals surface area (Å²) in [5, 5.41) is 11.4. The van der Waals surface area contributed by atoms with Crippen molar-refractivity contribution < 1.29 is 13.8 Å². The number of nitrogen functional groups attached to an aromatic ring is 1. The molecule has 3 N–H and O–H groups in total. The quantitative estimate of drug-likeness (QED) is 0.541. The van der Waals surface area contributed by atoms with Crippen LogP contribution in [0.15, 0.2) is 44.5 Å². The van der Waals surface area contributed by atoms with Crippen molar-refractivity contribution in [2.75, 3.05) is 5.73 Å². The van der Waals surface area contributed by atoms with Crippen molar-refractivity contribution in [1.29, 1.82) is 0 Å². The number of hydrogen-bond acceptors (Lipinski definition) is 7. The lowest BCUT2D eigenvalue weighted by Gasteiger charge is -2.00. The highest BCUT2D eigenvalue weighted by Crippen LogP contribution is 2.31. The van der Waals surface area contributed by atoms with Crippen LogP contribution < -0.4 is 11.2 Å². The van der Waals surface area contributed by atoms with Crippen LogP contribution in [0.2, 0.25) is 10.0 Å². The molecule has 0 atom stereocenters. The Morgan fingerprint density at radius 3 is 2.79 bits per heavy atom. The molecule has 0 spiro atoms. The van der Waals surface area contributed by atoms with Gasteiger partial charge in [0.15, 0.2) is 0 Å². The Balaban J connectivity index is 1.70. The largest absolute Gasteiger partial charge is 0.455 e. The Kier molecular flexibility index (Phi) is 4.50. The smallest absolute Gasteiger partial charge is 0.297 e. The second-order valence-corrected chi connectivity index (χ2v) is 5.37. The Bertz CT molecular complexity index is 919. The summed E-state index contributed by atoms with van der Waals surface area (Å²) in [6.45, 7) is 0. The van der Waals surface area contributed by atoms with Crippen molar-refractivity contribution in [2.45, 2.75) is 0 Å². The standard InChI is InChI=1S/C14H9Cl2N5O3/c15-7-1-3-9(10(16)5-7)11-4-2-8(23-11)6-18-19-14(22)12-13(17)21-24-20-12/h1-6H,(H2,17,21)(H,19,22). The summed E-state index contributed by atoms with van der Waals surface area (Å²) in [5.74, 6) is 0.162. The van der Waals surface area contributed by atoms with Gasteiger partial charge in [-0.1, -0.05) is 23.2 Å². The van der Waals surface area contributed by atoms with Gasteiger partial charge in [-0.05, 0) is 40.6 Å². The highest BCUT2D eigenvalue weighted by Gasteiger charge is 2.15. The minimum atomic E-state index is -0.655. The molecule has 0 fully saturated rings. The zero-order valence-electron chi connectivity index (χ0n) is 11.9. The Morgan fingerprint density at radius 2 is 2.08 bits per heavy atom. The van der Waals surface area contributed by atoms with Gasteiger partial charge in [0.1, 0.15) is 11.5 Å². The van der Waals surface area contributed by atoms with Gasteiger partial charge < -0.3 is 10.2 Å². The molecule has 24 heavy (non-hydrogen) atoms. The first kappa shape index (κ1) is 16.0. The lowest BCUT2D eigenvalue weighted by atomic mass is 10.2. The topological polar surface area (TPSA) is 120 Å². The van der Waals surface area contributed by atoms with Gasteiger partial charge in [0.05, 0.1) is 11.2 Å². The van der Waals surface area contributed by atoms with E-state index in [4.69, 9.17) is 33.4 Å². The van der Waals surface area contributed by atoms with Crippen LogP contribution in [-0.4, -0.2) is 22.4 Å². The van der Waals surface area contributed by atoms with E-state index in [0.717, 1.165) is 0 Å². The number of anilines is 1. The van der Waals surface area contributed by atoms with E-state index in [1.54, 1.807) is 30.3 Å². The third-order valence-electron chi connectivity index (χ3n) is 2.91. The second kappa shape index (κ2) is 6.73. The van der Waals surface area contributed by atoms with Crippen molar-refractivity contribution >= 4 is 41.1 Å². The van der Waals surface area contributed by atoms with Gasteiger partial charge in [-0.25, -0.2) is 10.1 Å². The summed E-state index contributed by atoms with van der Waals surface area (Å²) in [6, 6.07) is 8.45. The number of amides is 1. The Labute approximate surface area is 145 Å². The number of hydrazone groups is 1.